The van der Waals surface area contributed by atoms with Crippen molar-refractivity contribution in [3.05, 3.63) is 38.9 Å². The standard InChI is InChI=1S/C20H23ClN2O5/c1-11(28-19(25)16-3-2-15(23(26)27)7-17(16)21)18(24)22-20-8-12-4-13(9-20)6-14(5-12)10-20/h2-3,7,11-14H,4-6,8-10H2,1H3,(H,22,24)/t11-,12?,13?,14?,20?/m0/s1. The predicted octanol–water partition coefficient (Wildman–Crippen LogP) is 3.88. The van der Waals surface area contributed by atoms with Crippen molar-refractivity contribution in [2.75, 3.05) is 0 Å². The van der Waals surface area contributed by atoms with Crippen LogP contribution < -0.4 is 5.32 Å². The van der Waals surface area contributed by atoms with E-state index in [1.807, 2.05) is 0 Å². The monoisotopic (exact) mass is 406 g/mol. The molecule has 8 heteroatoms. The number of amides is 1. The van der Waals surface area contributed by atoms with Crippen molar-refractivity contribution in [1.82, 2.24) is 5.32 Å². The van der Waals surface area contributed by atoms with Gasteiger partial charge in [0, 0.05) is 17.7 Å². The molecule has 150 valence electrons. The zero-order valence-electron chi connectivity index (χ0n) is 15.7. The fourth-order valence-corrected chi connectivity index (χ4v) is 5.94. The van der Waals surface area contributed by atoms with Gasteiger partial charge >= 0.3 is 5.97 Å². The highest BCUT2D eigenvalue weighted by Crippen LogP contribution is 2.55. The summed E-state index contributed by atoms with van der Waals surface area (Å²) >= 11 is 5.97. The third-order valence-electron chi connectivity index (χ3n) is 6.46. The van der Waals surface area contributed by atoms with Gasteiger partial charge in [-0.3, -0.25) is 14.9 Å². The van der Waals surface area contributed by atoms with Gasteiger partial charge in [-0.1, -0.05) is 11.6 Å². The number of nitro groups is 1. The number of hydrogen-bond donors (Lipinski definition) is 1. The van der Waals surface area contributed by atoms with E-state index in [1.165, 1.54) is 38.3 Å². The van der Waals surface area contributed by atoms with E-state index in [0.717, 1.165) is 25.3 Å². The van der Waals surface area contributed by atoms with Crippen molar-refractivity contribution in [2.24, 2.45) is 17.8 Å². The number of ether oxygens (including phenoxy) is 1. The first-order chi connectivity index (χ1) is 13.2. The number of carbonyl (C=O) groups is 2. The summed E-state index contributed by atoms with van der Waals surface area (Å²) < 4.78 is 5.29. The van der Waals surface area contributed by atoms with Crippen molar-refractivity contribution >= 4 is 29.2 Å². The van der Waals surface area contributed by atoms with Crippen LogP contribution in [-0.2, 0) is 9.53 Å². The topological polar surface area (TPSA) is 98.5 Å². The molecule has 5 rings (SSSR count). The van der Waals surface area contributed by atoms with Crippen LogP contribution in [0.1, 0.15) is 55.8 Å². The minimum absolute atomic E-state index is 0.00159. The van der Waals surface area contributed by atoms with Gasteiger partial charge in [0.1, 0.15) is 0 Å². The molecule has 4 fully saturated rings. The first-order valence-electron chi connectivity index (χ1n) is 9.71. The Labute approximate surface area is 167 Å². The van der Waals surface area contributed by atoms with Crippen molar-refractivity contribution in [2.45, 2.75) is 57.1 Å². The van der Waals surface area contributed by atoms with Crippen LogP contribution in [0.5, 0.6) is 0 Å². The van der Waals surface area contributed by atoms with Crippen molar-refractivity contribution in [3.8, 4) is 0 Å². The van der Waals surface area contributed by atoms with Gasteiger partial charge in [0.15, 0.2) is 6.10 Å². The normalized spacial score (nSPS) is 31.3. The molecule has 0 aromatic heterocycles. The van der Waals surface area contributed by atoms with Gasteiger partial charge in [-0.15, -0.1) is 0 Å². The molecule has 7 nitrogen and oxygen atoms in total. The molecule has 1 aromatic rings. The molecule has 1 aromatic carbocycles. The third-order valence-corrected chi connectivity index (χ3v) is 6.78. The molecule has 1 N–H and O–H groups in total. The Morgan fingerprint density at radius 1 is 1.21 bits per heavy atom. The van der Waals surface area contributed by atoms with Crippen LogP contribution >= 0.6 is 11.6 Å². The zero-order valence-corrected chi connectivity index (χ0v) is 16.4. The second kappa shape index (κ2) is 7.03. The van der Waals surface area contributed by atoms with E-state index in [0.29, 0.717) is 17.8 Å². The Morgan fingerprint density at radius 2 is 1.79 bits per heavy atom. The van der Waals surface area contributed by atoms with Gasteiger partial charge in [-0.2, -0.15) is 0 Å². The number of rotatable bonds is 5. The minimum Gasteiger partial charge on any atom is -0.449 e. The summed E-state index contributed by atoms with van der Waals surface area (Å²) in [6.45, 7) is 1.53. The lowest BCUT2D eigenvalue weighted by atomic mass is 9.53. The van der Waals surface area contributed by atoms with E-state index < -0.39 is 17.0 Å². The fraction of sp³-hybridized carbons (Fsp3) is 0.600. The van der Waals surface area contributed by atoms with Crippen LogP contribution in [0.3, 0.4) is 0 Å². The summed E-state index contributed by atoms with van der Waals surface area (Å²) in [6, 6.07) is 3.52. The van der Waals surface area contributed by atoms with E-state index in [9.17, 15) is 19.7 Å². The van der Waals surface area contributed by atoms with Gasteiger partial charge in [0.05, 0.1) is 15.5 Å². The van der Waals surface area contributed by atoms with E-state index in [-0.39, 0.29) is 27.7 Å². The number of carbonyl (C=O) groups excluding carboxylic acids is 2. The highest BCUT2D eigenvalue weighted by Gasteiger charge is 2.51. The quantitative estimate of drug-likeness (QED) is 0.454. The van der Waals surface area contributed by atoms with E-state index in [4.69, 9.17) is 16.3 Å². The van der Waals surface area contributed by atoms with E-state index in [2.05, 4.69) is 5.32 Å². The van der Waals surface area contributed by atoms with Gasteiger partial charge in [0.2, 0.25) is 0 Å². The van der Waals surface area contributed by atoms with Crippen molar-refractivity contribution in [1.29, 1.82) is 0 Å². The third kappa shape index (κ3) is 3.60. The highest BCUT2D eigenvalue weighted by atomic mass is 35.5. The lowest BCUT2D eigenvalue weighted by molar-refractivity contribution is -0.384. The smallest absolute Gasteiger partial charge is 0.340 e. The van der Waals surface area contributed by atoms with Crippen LogP contribution in [0.15, 0.2) is 18.2 Å². The fourth-order valence-electron chi connectivity index (χ4n) is 5.69. The Bertz CT molecular complexity index is 805. The van der Waals surface area contributed by atoms with Gasteiger partial charge < -0.3 is 10.1 Å². The van der Waals surface area contributed by atoms with Crippen LogP contribution in [0.25, 0.3) is 0 Å². The summed E-state index contributed by atoms with van der Waals surface area (Å²) in [7, 11) is 0. The van der Waals surface area contributed by atoms with E-state index in [1.54, 1.807) is 0 Å². The number of non-ortho nitro benzene ring substituents is 1. The summed E-state index contributed by atoms with van der Waals surface area (Å²) in [5.74, 6) is 1.02. The summed E-state index contributed by atoms with van der Waals surface area (Å²) in [5, 5.41) is 13.9. The Morgan fingerprint density at radius 3 is 2.29 bits per heavy atom. The maximum atomic E-state index is 12.7. The number of benzene rings is 1. The van der Waals surface area contributed by atoms with Gasteiger partial charge in [-0.05, 0) is 69.3 Å². The molecule has 0 spiro atoms. The number of nitrogens with one attached hydrogen (secondary N) is 1. The van der Waals surface area contributed by atoms with Crippen LogP contribution in [0.2, 0.25) is 5.02 Å². The maximum Gasteiger partial charge on any atom is 0.340 e. The number of halogens is 1. The second-order valence-electron chi connectivity index (χ2n) is 8.66. The van der Waals surface area contributed by atoms with Gasteiger partial charge in [0.25, 0.3) is 11.6 Å². The minimum atomic E-state index is -0.966. The van der Waals surface area contributed by atoms with E-state index >= 15 is 0 Å². The molecule has 4 aliphatic carbocycles. The largest absolute Gasteiger partial charge is 0.449 e. The van der Waals surface area contributed by atoms with Crippen LogP contribution in [0.4, 0.5) is 5.69 Å². The first kappa shape index (κ1) is 19.2. The lowest BCUT2D eigenvalue weighted by Gasteiger charge is -2.57. The molecular weight excluding hydrogens is 384 g/mol. The predicted molar refractivity (Wildman–Crippen MR) is 102 cm³/mol. The molecule has 1 amide bonds. The zero-order chi connectivity index (χ0) is 20.1. The molecule has 4 bridgehead atoms. The summed E-state index contributed by atoms with van der Waals surface area (Å²) in [4.78, 5) is 35.3. The Hall–Kier alpha value is -2.15. The van der Waals surface area contributed by atoms with Crippen molar-refractivity contribution in [3.63, 3.8) is 0 Å². The number of esters is 1. The van der Waals surface area contributed by atoms with Crippen molar-refractivity contribution < 1.29 is 19.2 Å². The number of nitrogens with zero attached hydrogens (tertiary/aromatic N) is 1. The molecule has 4 aliphatic rings. The molecule has 0 saturated heterocycles. The number of hydrogen-bond acceptors (Lipinski definition) is 5. The average Bonchev–Trinajstić information content (AvgIpc) is 2.59. The molecule has 0 heterocycles. The van der Waals surface area contributed by atoms with Crippen LogP contribution in [-0.4, -0.2) is 28.4 Å². The molecule has 0 unspecified atom stereocenters. The first-order valence-corrected chi connectivity index (χ1v) is 10.1. The SMILES string of the molecule is C[C@H](OC(=O)c1ccc([N+](=O)[O-])cc1Cl)C(=O)NC12CC3CC(CC(C3)C1)C2. The second-order valence-corrected chi connectivity index (χ2v) is 9.06. The Kier molecular flexibility index (Phi) is 4.81. The highest BCUT2D eigenvalue weighted by molar-refractivity contribution is 6.33. The van der Waals surface area contributed by atoms with Crippen LogP contribution in [0, 0.1) is 27.9 Å². The molecular formula is C20H23ClN2O5. The summed E-state index contributed by atoms with van der Waals surface area (Å²) in [5.41, 5.74) is -0.367. The summed E-state index contributed by atoms with van der Waals surface area (Å²) in [6.07, 6.45) is 5.90. The molecule has 0 aliphatic heterocycles. The molecule has 1 atom stereocenters. The van der Waals surface area contributed by atoms with Gasteiger partial charge in [-0.25, -0.2) is 4.79 Å². The Balaban J connectivity index is 1.39. The molecule has 28 heavy (non-hydrogen) atoms. The lowest BCUT2D eigenvalue weighted by Crippen LogP contribution is -2.61. The maximum absolute atomic E-state index is 12.7. The molecule has 4 saturated carbocycles. The average molecular weight is 407 g/mol. The number of nitro benzene ring substituents is 1. The molecule has 0 radical (unpaired) electrons.